The molecule has 0 aliphatic rings. The quantitative estimate of drug-likeness (QED) is 0.459. The number of ether oxygens (including phenoxy) is 1. The number of nitrogens with one attached hydrogen (secondary N) is 1. The number of nitrogens with zero attached hydrogens (tertiary/aromatic N) is 1. The molecule has 0 bridgehead atoms. The van der Waals surface area contributed by atoms with Gasteiger partial charge in [0.05, 0.1) is 12.2 Å². The van der Waals surface area contributed by atoms with E-state index in [-0.39, 0.29) is 6.10 Å². The van der Waals surface area contributed by atoms with Crippen LogP contribution in [0.4, 0.5) is 0 Å². The molecule has 0 aromatic rings. The highest BCUT2D eigenvalue weighted by molar-refractivity contribution is 4.67. The molecule has 0 saturated carbocycles. The molecule has 5 nitrogen and oxygen atoms in total. The summed E-state index contributed by atoms with van der Waals surface area (Å²) >= 11 is 0. The van der Waals surface area contributed by atoms with Gasteiger partial charge in [0.25, 0.3) is 0 Å². The molecular weight excluding hydrogens is 184 g/mol. The van der Waals surface area contributed by atoms with E-state index in [1.807, 2.05) is 19.0 Å². The molecule has 0 radical (unpaired) electrons. The smallest absolute Gasteiger partial charge is 0.131 e. The predicted molar refractivity (Wildman–Crippen MR) is 55.0 cm³/mol. The average molecular weight is 206 g/mol. The lowest BCUT2D eigenvalue weighted by Gasteiger charge is -2.22. The van der Waals surface area contributed by atoms with Crippen molar-refractivity contribution in [3.05, 3.63) is 0 Å². The summed E-state index contributed by atoms with van der Waals surface area (Å²) in [4.78, 5) is 1.89. The molecule has 0 aromatic heterocycles. The van der Waals surface area contributed by atoms with Crippen LogP contribution in [0.25, 0.3) is 0 Å². The zero-order valence-electron chi connectivity index (χ0n) is 9.40. The van der Waals surface area contributed by atoms with Gasteiger partial charge < -0.3 is 19.8 Å². The molecule has 14 heavy (non-hydrogen) atoms. The van der Waals surface area contributed by atoms with Crippen LogP contribution in [0, 0.1) is 0 Å². The summed E-state index contributed by atoms with van der Waals surface area (Å²) in [6.45, 7) is 2.68. The Balaban J connectivity index is 3.60. The molecule has 0 rings (SSSR count). The molecule has 86 valence electrons. The number of aliphatic hydroxyl groups excluding tert-OH is 2. The fraction of sp³-hybridized carbons (Fsp3) is 1.00. The van der Waals surface area contributed by atoms with Gasteiger partial charge in [-0.15, -0.1) is 0 Å². The summed E-state index contributed by atoms with van der Waals surface area (Å²) in [5.74, 6) is 0. The fourth-order valence-corrected chi connectivity index (χ4v) is 1.04. The minimum atomic E-state index is -0.739. The molecule has 0 heterocycles. The molecule has 0 aliphatic carbocycles. The molecule has 0 aromatic carbocycles. The van der Waals surface area contributed by atoms with Crippen LogP contribution in [0.15, 0.2) is 0 Å². The van der Waals surface area contributed by atoms with Gasteiger partial charge in [0, 0.05) is 20.2 Å². The molecule has 0 spiro atoms. The van der Waals surface area contributed by atoms with E-state index in [1.165, 1.54) is 7.11 Å². The summed E-state index contributed by atoms with van der Waals surface area (Å²) in [7, 11) is 5.31. The molecule has 0 saturated heterocycles. The zero-order valence-corrected chi connectivity index (χ0v) is 9.40. The van der Waals surface area contributed by atoms with Crippen molar-refractivity contribution in [3.63, 3.8) is 0 Å². The second-order valence-electron chi connectivity index (χ2n) is 3.71. The maximum atomic E-state index is 9.47. The molecule has 0 aliphatic heterocycles. The molecule has 5 heteroatoms. The maximum absolute atomic E-state index is 9.47. The van der Waals surface area contributed by atoms with Gasteiger partial charge in [0.1, 0.15) is 6.23 Å². The van der Waals surface area contributed by atoms with Crippen LogP contribution in [-0.2, 0) is 4.74 Å². The Labute approximate surface area is 85.7 Å². The first-order valence-corrected chi connectivity index (χ1v) is 4.74. The summed E-state index contributed by atoms with van der Waals surface area (Å²) in [5.41, 5.74) is 0. The minimum absolute atomic E-state index is 0.276. The summed E-state index contributed by atoms with van der Waals surface area (Å²) in [5, 5.41) is 21.7. The molecule has 0 fully saturated rings. The van der Waals surface area contributed by atoms with E-state index in [0.29, 0.717) is 13.1 Å². The highest BCUT2D eigenvalue weighted by atomic mass is 16.5. The average Bonchev–Trinajstić information content (AvgIpc) is 2.11. The van der Waals surface area contributed by atoms with E-state index in [9.17, 15) is 10.2 Å². The van der Waals surface area contributed by atoms with E-state index in [4.69, 9.17) is 4.74 Å². The number of hydrogen-bond donors (Lipinski definition) is 3. The van der Waals surface area contributed by atoms with Crippen LogP contribution in [-0.4, -0.2) is 67.8 Å². The van der Waals surface area contributed by atoms with Crippen LogP contribution in [0.3, 0.4) is 0 Å². The van der Waals surface area contributed by atoms with Gasteiger partial charge in [-0.25, -0.2) is 0 Å². The highest BCUT2D eigenvalue weighted by Gasteiger charge is 2.14. The summed E-state index contributed by atoms with van der Waals surface area (Å²) in [6, 6.07) is 0. The molecule has 3 atom stereocenters. The third kappa shape index (κ3) is 6.28. The minimum Gasteiger partial charge on any atom is -0.390 e. The standard InChI is InChI=1S/C9H22N2O3/c1-7(14-4)9(13)10-5-8(12)6-11(2)3/h7-10,12-13H,5-6H2,1-4H3. The van der Waals surface area contributed by atoms with Crippen LogP contribution in [0.2, 0.25) is 0 Å². The lowest BCUT2D eigenvalue weighted by Crippen LogP contribution is -2.44. The first-order valence-electron chi connectivity index (χ1n) is 4.74. The fourth-order valence-electron chi connectivity index (χ4n) is 1.04. The third-order valence-electron chi connectivity index (χ3n) is 1.95. The van der Waals surface area contributed by atoms with Crippen molar-refractivity contribution in [3.8, 4) is 0 Å². The molecular formula is C9H22N2O3. The Kier molecular flexibility index (Phi) is 7.04. The molecule has 0 amide bonds. The van der Waals surface area contributed by atoms with Crippen LogP contribution in [0.5, 0.6) is 0 Å². The Morgan fingerprint density at radius 1 is 1.36 bits per heavy atom. The zero-order chi connectivity index (χ0) is 11.1. The van der Waals surface area contributed by atoms with Crippen LogP contribution in [0.1, 0.15) is 6.92 Å². The normalized spacial score (nSPS) is 18.2. The van der Waals surface area contributed by atoms with Gasteiger partial charge in [0.15, 0.2) is 0 Å². The Morgan fingerprint density at radius 3 is 2.36 bits per heavy atom. The van der Waals surface area contributed by atoms with Gasteiger partial charge in [0.2, 0.25) is 0 Å². The highest BCUT2D eigenvalue weighted by Crippen LogP contribution is 1.93. The van der Waals surface area contributed by atoms with Crippen molar-refractivity contribution < 1.29 is 14.9 Å². The number of likely N-dealkylation sites (N-methyl/N-ethyl adjacent to an activating group) is 1. The van der Waals surface area contributed by atoms with E-state index in [0.717, 1.165) is 0 Å². The number of methoxy groups -OCH3 is 1. The predicted octanol–water partition coefficient (Wildman–Crippen LogP) is -1.15. The van der Waals surface area contributed by atoms with Crippen molar-refractivity contribution in [2.24, 2.45) is 0 Å². The SMILES string of the molecule is COC(C)C(O)NCC(O)CN(C)C. The van der Waals surface area contributed by atoms with Crippen molar-refractivity contribution in [1.29, 1.82) is 0 Å². The third-order valence-corrected chi connectivity index (χ3v) is 1.95. The van der Waals surface area contributed by atoms with E-state index >= 15 is 0 Å². The van der Waals surface area contributed by atoms with Gasteiger partial charge in [-0.05, 0) is 21.0 Å². The number of hydrogen-bond acceptors (Lipinski definition) is 5. The number of aliphatic hydroxyl groups is 2. The number of rotatable bonds is 7. The maximum Gasteiger partial charge on any atom is 0.131 e. The monoisotopic (exact) mass is 206 g/mol. The van der Waals surface area contributed by atoms with E-state index in [2.05, 4.69) is 5.32 Å². The lowest BCUT2D eigenvalue weighted by molar-refractivity contribution is -0.0244. The molecule has 3 N–H and O–H groups in total. The van der Waals surface area contributed by atoms with Gasteiger partial charge in [-0.3, -0.25) is 5.32 Å². The Hall–Kier alpha value is -0.200. The molecule has 3 unspecified atom stereocenters. The second kappa shape index (κ2) is 7.14. The van der Waals surface area contributed by atoms with Gasteiger partial charge >= 0.3 is 0 Å². The Morgan fingerprint density at radius 2 is 1.93 bits per heavy atom. The van der Waals surface area contributed by atoms with Crippen LogP contribution < -0.4 is 5.32 Å². The first kappa shape index (κ1) is 13.8. The van der Waals surface area contributed by atoms with Crippen molar-refractivity contribution in [2.45, 2.75) is 25.4 Å². The van der Waals surface area contributed by atoms with Crippen LogP contribution >= 0.6 is 0 Å². The van der Waals surface area contributed by atoms with Gasteiger partial charge in [-0.2, -0.15) is 0 Å². The topological polar surface area (TPSA) is 65.0 Å². The van der Waals surface area contributed by atoms with Crippen molar-refractivity contribution in [1.82, 2.24) is 10.2 Å². The van der Waals surface area contributed by atoms with Gasteiger partial charge in [-0.1, -0.05) is 0 Å². The summed E-state index contributed by atoms with van der Waals surface area (Å²) in [6.07, 6.45) is -1.50. The largest absolute Gasteiger partial charge is 0.390 e. The first-order chi connectivity index (χ1) is 6.47. The van der Waals surface area contributed by atoms with E-state index < -0.39 is 12.3 Å². The Bertz CT molecular complexity index is 144. The summed E-state index contributed by atoms with van der Waals surface area (Å²) < 4.78 is 4.92. The van der Waals surface area contributed by atoms with Crippen molar-refractivity contribution in [2.75, 3.05) is 34.3 Å². The lowest BCUT2D eigenvalue weighted by atomic mass is 10.3. The second-order valence-corrected chi connectivity index (χ2v) is 3.71. The van der Waals surface area contributed by atoms with E-state index in [1.54, 1.807) is 6.92 Å². The van der Waals surface area contributed by atoms with Crippen molar-refractivity contribution >= 4 is 0 Å².